The third-order valence-electron chi connectivity index (χ3n) is 5.01. The third kappa shape index (κ3) is 2.54. The van der Waals surface area contributed by atoms with Crippen LogP contribution in [-0.4, -0.2) is 16.0 Å². The number of anilines is 1. The zero-order chi connectivity index (χ0) is 18.4. The maximum atomic E-state index is 12.7. The Morgan fingerprint density at radius 3 is 2.59 bits per heavy atom. The summed E-state index contributed by atoms with van der Waals surface area (Å²) in [5, 5.41) is 14.2. The van der Waals surface area contributed by atoms with Crippen molar-refractivity contribution in [3.05, 3.63) is 90.1 Å². The van der Waals surface area contributed by atoms with Crippen molar-refractivity contribution >= 4 is 22.5 Å². The van der Waals surface area contributed by atoms with Gasteiger partial charge in [-0.3, -0.25) is 9.78 Å². The van der Waals surface area contributed by atoms with Crippen LogP contribution in [0.25, 0.3) is 22.0 Å². The van der Waals surface area contributed by atoms with Gasteiger partial charge in [-0.2, -0.15) is 0 Å². The summed E-state index contributed by atoms with van der Waals surface area (Å²) < 4.78 is 0. The lowest BCUT2D eigenvalue weighted by Gasteiger charge is -2.11. The van der Waals surface area contributed by atoms with Crippen LogP contribution >= 0.6 is 0 Å². The van der Waals surface area contributed by atoms with E-state index in [1.54, 1.807) is 12.1 Å². The molecule has 4 aromatic rings. The van der Waals surface area contributed by atoms with Gasteiger partial charge in [0.25, 0.3) is 0 Å². The predicted molar refractivity (Wildman–Crippen MR) is 106 cm³/mol. The van der Waals surface area contributed by atoms with Crippen molar-refractivity contribution in [1.82, 2.24) is 4.98 Å². The molecule has 0 saturated heterocycles. The molecule has 0 fully saturated rings. The summed E-state index contributed by atoms with van der Waals surface area (Å²) in [6.07, 6.45) is 0. The number of phenolic OH excluding ortho intramolecular Hbond substituents is 1. The van der Waals surface area contributed by atoms with Crippen LogP contribution in [0.5, 0.6) is 5.75 Å². The van der Waals surface area contributed by atoms with E-state index in [1.807, 2.05) is 66.7 Å². The smallest absolute Gasteiger partial charge is 0.238 e. The summed E-state index contributed by atoms with van der Waals surface area (Å²) in [6.45, 7) is 0. The van der Waals surface area contributed by atoms with Crippen molar-refractivity contribution in [1.29, 1.82) is 0 Å². The van der Waals surface area contributed by atoms with Gasteiger partial charge in [-0.25, -0.2) is 0 Å². The van der Waals surface area contributed by atoms with E-state index in [4.69, 9.17) is 4.98 Å². The number of aromatic hydroxyl groups is 1. The Kier molecular flexibility index (Phi) is 3.44. The lowest BCUT2D eigenvalue weighted by atomic mass is 9.93. The molecular formula is C23H16N2O2. The Balaban J connectivity index is 1.64. The number of rotatable bonds is 2. The molecule has 1 aliphatic heterocycles. The Morgan fingerprint density at radius 2 is 1.70 bits per heavy atom. The van der Waals surface area contributed by atoms with Crippen molar-refractivity contribution in [2.45, 2.75) is 5.92 Å². The minimum absolute atomic E-state index is 0.0813. The first-order valence-electron chi connectivity index (χ1n) is 8.79. The van der Waals surface area contributed by atoms with Crippen molar-refractivity contribution in [2.75, 3.05) is 5.32 Å². The van der Waals surface area contributed by atoms with Crippen LogP contribution in [0.1, 0.15) is 17.2 Å². The first-order chi connectivity index (χ1) is 13.2. The van der Waals surface area contributed by atoms with Gasteiger partial charge < -0.3 is 10.4 Å². The number of hydrogen-bond donors (Lipinski definition) is 2. The number of nitrogens with one attached hydrogen (secondary N) is 1. The minimum atomic E-state index is -0.463. The molecule has 130 valence electrons. The number of carbonyl (C=O) groups is 1. The highest BCUT2D eigenvalue weighted by Gasteiger charge is 2.33. The van der Waals surface area contributed by atoms with Crippen LogP contribution in [0.3, 0.4) is 0 Å². The fourth-order valence-corrected chi connectivity index (χ4v) is 3.68. The normalized spacial score (nSPS) is 15.6. The number of phenols is 1. The highest BCUT2D eigenvalue weighted by Crippen LogP contribution is 2.40. The van der Waals surface area contributed by atoms with Gasteiger partial charge in [-0.15, -0.1) is 0 Å². The predicted octanol–water partition coefficient (Wildman–Crippen LogP) is 4.69. The molecule has 0 saturated carbocycles. The molecule has 0 spiro atoms. The van der Waals surface area contributed by atoms with Gasteiger partial charge >= 0.3 is 0 Å². The van der Waals surface area contributed by atoms with E-state index < -0.39 is 5.92 Å². The molecule has 5 rings (SSSR count). The molecule has 4 heteroatoms. The Bertz CT molecular complexity index is 1200. The van der Waals surface area contributed by atoms with Gasteiger partial charge in [0.05, 0.1) is 11.2 Å². The van der Waals surface area contributed by atoms with E-state index in [0.717, 1.165) is 39.0 Å². The van der Waals surface area contributed by atoms with E-state index in [9.17, 15) is 9.90 Å². The molecule has 1 atom stereocenters. The zero-order valence-corrected chi connectivity index (χ0v) is 14.4. The average Bonchev–Trinajstić information content (AvgIpc) is 3.03. The van der Waals surface area contributed by atoms with Crippen molar-refractivity contribution < 1.29 is 9.90 Å². The number of fused-ring (bicyclic) bond motifs is 2. The summed E-state index contributed by atoms with van der Waals surface area (Å²) >= 11 is 0. The van der Waals surface area contributed by atoms with Crippen LogP contribution in [0.15, 0.2) is 78.9 Å². The molecule has 3 aromatic carbocycles. The SMILES string of the molecule is O=C1Nc2ccc(-c3ccccc3O)cc2C1c1ccc2ccccc2n1. The van der Waals surface area contributed by atoms with Crippen molar-refractivity contribution in [3.63, 3.8) is 0 Å². The molecule has 1 aliphatic rings. The molecule has 0 radical (unpaired) electrons. The standard InChI is InChI=1S/C23H16N2O2/c26-21-8-4-2-6-16(21)15-10-11-19-17(13-15)22(23(27)25-19)20-12-9-14-5-1-3-7-18(14)24-20/h1-13,22,26H,(H,25,27). The Morgan fingerprint density at radius 1 is 0.889 bits per heavy atom. The number of aromatic nitrogens is 1. The maximum absolute atomic E-state index is 12.7. The number of para-hydroxylation sites is 2. The number of amides is 1. The monoisotopic (exact) mass is 352 g/mol. The average molecular weight is 352 g/mol. The highest BCUT2D eigenvalue weighted by molar-refractivity contribution is 6.05. The first kappa shape index (κ1) is 15.6. The molecule has 0 bridgehead atoms. The summed E-state index contributed by atoms with van der Waals surface area (Å²) in [5.74, 6) is -0.326. The number of benzene rings is 3. The zero-order valence-electron chi connectivity index (χ0n) is 14.4. The topological polar surface area (TPSA) is 62.2 Å². The Hall–Kier alpha value is -3.66. The number of pyridine rings is 1. The van der Waals surface area contributed by atoms with Gasteiger partial charge in [0.15, 0.2) is 0 Å². The first-order valence-corrected chi connectivity index (χ1v) is 8.79. The molecule has 27 heavy (non-hydrogen) atoms. The van der Waals surface area contributed by atoms with E-state index >= 15 is 0 Å². The molecule has 1 aromatic heterocycles. The minimum Gasteiger partial charge on any atom is -0.507 e. The van der Waals surface area contributed by atoms with E-state index in [1.165, 1.54) is 0 Å². The molecular weight excluding hydrogens is 336 g/mol. The number of nitrogens with zero attached hydrogens (tertiary/aromatic N) is 1. The molecule has 1 amide bonds. The second kappa shape index (κ2) is 5.95. The van der Waals surface area contributed by atoms with E-state index in [2.05, 4.69) is 5.32 Å². The van der Waals surface area contributed by atoms with Crippen LogP contribution < -0.4 is 5.32 Å². The van der Waals surface area contributed by atoms with E-state index in [0.29, 0.717) is 0 Å². The Labute approximate surface area is 156 Å². The molecule has 2 N–H and O–H groups in total. The second-order valence-electron chi connectivity index (χ2n) is 6.67. The quantitative estimate of drug-likeness (QED) is 0.550. The van der Waals surface area contributed by atoms with Crippen LogP contribution in [0.2, 0.25) is 0 Å². The fraction of sp³-hybridized carbons (Fsp3) is 0.0435. The van der Waals surface area contributed by atoms with Crippen molar-refractivity contribution in [3.8, 4) is 16.9 Å². The molecule has 0 aliphatic carbocycles. The summed E-state index contributed by atoms with van der Waals surface area (Å²) in [7, 11) is 0. The molecule has 4 nitrogen and oxygen atoms in total. The van der Waals surface area contributed by atoms with Crippen molar-refractivity contribution in [2.24, 2.45) is 0 Å². The fourth-order valence-electron chi connectivity index (χ4n) is 3.68. The largest absolute Gasteiger partial charge is 0.507 e. The summed E-state index contributed by atoms with van der Waals surface area (Å²) in [4.78, 5) is 17.4. The van der Waals surface area contributed by atoms with E-state index in [-0.39, 0.29) is 11.7 Å². The lowest BCUT2D eigenvalue weighted by Crippen LogP contribution is -2.14. The molecule has 1 unspecified atom stereocenters. The van der Waals surface area contributed by atoms with Crippen LogP contribution in [-0.2, 0) is 4.79 Å². The number of carbonyl (C=O) groups excluding carboxylic acids is 1. The van der Waals surface area contributed by atoms with Gasteiger partial charge in [0, 0.05) is 16.6 Å². The lowest BCUT2D eigenvalue weighted by molar-refractivity contribution is -0.116. The van der Waals surface area contributed by atoms with Gasteiger partial charge in [-0.05, 0) is 41.5 Å². The van der Waals surface area contributed by atoms with Crippen LogP contribution in [0, 0.1) is 0 Å². The summed E-state index contributed by atoms with van der Waals surface area (Å²) in [6, 6.07) is 24.7. The third-order valence-corrected chi connectivity index (χ3v) is 5.01. The number of hydrogen-bond acceptors (Lipinski definition) is 3. The van der Waals surface area contributed by atoms with Gasteiger partial charge in [-0.1, -0.05) is 48.5 Å². The van der Waals surface area contributed by atoms with Gasteiger partial charge in [0.2, 0.25) is 5.91 Å². The highest BCUT2D eigenvalue weighted by atomic mass is 16.3. The van der Waals surface area contributed by atoms with Crippen LogP contribution in [0.4, 0.5) is 5.69 Å². The maximum Gasteiger partial charge on any atom is 0.238 e. The molecule has 2 heterocycles. The summed E-state index contributed by atoms with van der Waals surface area (Å²) in [5.41, 5.74) is 4.87. The van der Waals surface area contributed by atoms with Gasteiger partial charge in [0.1, 0.15) is 11.7 Å². The second-order valence-corrected chi connectivity index (χ2v) is 6.67.